The number of carboxylic acids is 1. The number of fused-ring (bicyclic) bond motifs is 1. The van der Waals surface area contributed by atoms with Gasteiger partial charge in [0.05, 0.1) is 23.7 Å². The van der Waals surface area contributed by atoms with Crippen molar-refractivity contribution in [2.45, 2.75) is 32.2 Å². The Morgan fingerprint density at radius 1 is 1.28 bits per heavy atom. The molecule has 0 unspecified atom stereocenters. The highest BCUT2D eigenvalue weighted by Crippen LogP contribution is 2.43. The van der Waals surface area contributed by atoms with Crippen molar-refractivity contribution in [2.24, 2.45) is 5.92 Å². The zero-order valence-corrected chi connectivity index (χ0v) is 14.5. The van der Waals surface area contributed by atoms with Crippen LogP contribution in [0.3, 0.4) is 0 Å². The van der Waals surface area contributed by atoms with Gasteiger partial charge < -0.3 is 19.3 Å². The largest absolute Gasteiger partial charge is 0.492 e. The summed E-state index contributed by atoms with van der Waals surface area (Å²) in [7, 11) is 1.62. The van der Waals surface area contributed by atoms with Crippen molar-refractivity contribution in [1.82, 2.24) is 4.57 Å². The highest BCUT2D eigenvalue weighted by Gasteiger charge is 2.30. The van der Waals surface area contributed by atoms with E-state index < -0.39 is 11.4 Å². The first-order valence-electron chi connectivity index (χ1n) is 8.75. The molecule has 1 aliphatic heterocycles. The van der Waals surface area contributed by atoms with Crippen LogP contribution in [0.1, 0.15) is 42.6 Å². The molecule has 1 aliphatic carbocycles. The molecule has 1 saturated heterocycles. The van der Waals surface area contributed by atoms with E-state index >= 15 is 0 Å². The van der Waals surface area contributed by atoms with Gasteiger partial charge in [-0.05, 0) is 37.3 Å². The van der Waals surface area contributed by atoms with Gasteiger partial charge in [0.15, 0.2) is 5.75 Å². The molecule has 1 aromatic carbocycles. The molecule has 2 fully saturated rings. The summed E-state index contributed by atoms with van der Waals surface area (Å²) < 4.78 is 7.66. The van der Waals surface area contributed by atoms with Gasteiger partial charge in [-0.3, -0.25) is 4.79 Å². The molecule has 6 nitrogen and oxygen atoms in total. The lowest BCUT2D eigenvalue weighted by atomic mass is 10.1. The van der Waals surface area contributed by atoms with E-state index in [4.69, 9.17) is 4.74 Å². The molecule has 1 aromatic heterocycles. The van der Waals surface area contributed by atoms with E-state index in [0.29, 0.717) is 17.1 Å². The molecule has 2 aromatic rings. The second-order valence-electron chi connectivity index (χ2n) is 7.17. The van der Waals surface area contributed by atoms with Gasteiger partial charge in [0, 0.05) is 25.3 Å². The zero-order valence-electron chi connectivity index (χ0n) is 14.5. The van der Waals surface area contributed by atoms with Gasteiger partial charge >= 0.3 is 5.97 Å². The van der Waals surface area contributed by atoms with Crippen LogP contribution in [0.2, 0.25) is 0 Å². The van der Waals surface area contributed by atoms with Crippen molar-refractivity contribution < 1.29 is 14.6 Å². The third-order valence-corrected chi connectivity index (χ3v) is 5.27. The number of benzene rings is 1. The predicted octanol–water partition coefficient (Wildman–Crippen LogP) is 2.89. The molecule has 0 radical (unpaired) electrons. The van der Waals surface area contributed by atoms with Gasteiger partial charge in [0.1, 0.15) is 5.56 Å². The van der Waals surface area contributed by atoms with Crippen LogP contribution in [0.5, 0.6) is 5.75 Å². The van der Waals surface area contributed by atoms with Crippen LogP contribution in [0.15, 0.2) is 23.1 Å². The van der Waals surface area contributed by atoms with E-state index in [2.05, 4.69) is 11.8 Å². The number of pyridine rings is 1. The van der Waals surface area contributed by atoms with E-state index in [1.807, 2.05) is 10.6 Å². The third kappa shape index (κ3) is 2.56. The monoisotopic (exact) mass is 342 g/mol. The van der Waals surface area contributed by atoms with Gasteiger partial charge in [-0.15, -0.1) is 0 Å². The zero-order chi connectivity index (χ0) is 17.7. The number of ether oxygens (including phenoxy) is 1. The Kier molecular flexibility index (Phi) is 3.71. The number of methoxy groups -OCH3 is 1. The molecule has 4 rings (SSSR count). The standard InChI is InChI=1S/C19H22N2O4/c1-11-7-8-20(9-11)15-6-5-13-16(18(15)25-2)21(12-3-4-12)10-14(17(13)22)19(23)24/h5-6,10-12H,3-4,7-9H2,1-2H3,(H,23,24)/t11-/m0/s1. The summed E-state index contributed by atoms with van der Waals surface area (Å²) in [5, 5.41) is 9.80. The van der Waals surface area contributed by atoms with Crippen LogP contribution < -0.4 is 15.1 Å². The Morgan fingerprint density at radius 2 is 2.04 bits per heavy atom. The minimum absolute atomic E-state index is 0.177. The van der Waals surface area contributed by atoms with Crippen molar-refractivity contribution in [1.29, 1.82) is 0 Å². The molecule has 1 saturated carbocycles. The normalized spacial score (nSPS) is 20.2. The summed E-state index contributed by atoms with van der Waals surface area (Å²) in [6, 6.07) is 3.88. The summed E-state index contributed by atoms with van der Waals surface area (Å²) in [6.07, 6.45) is 4.61. The molecule has 1 atom stereocenters. The van der Waals surface area contributed by atoms with Gasteiger partial charge in [-0.1, -0.05) is 6.92 Å². The number of carboxylic acid groups (broad SMARTS) is 1. The average molecular weight is 342 g/mol. The van der Waals surface area contributed by atoms with Crippen LogP contribution >= 0.6 is 0 Å². The van der Waals surface area contributed by atoms with Gasteiger partial charge in [-0.25, -0.2) is 4.79 Å². The molecule has 1 N–H and O–H groups in total. The fraction of sp³-hybridized carbons (Fsp3) is 0.474. The summed E-state index contributed by atoms with van der Waals surface area (Å²) in [5.41, 5.74) is 1.08. The minimum Gasteiger partial charge on any atom is -0.492 e. The Bertz CT molecular complexity index is 914. The van der Waals surface area contributed by atoms with Crippen LogP contribution in [-0.2, 0) is 0 Å². The number of rotatable bonds is 4. The number of anilines is 1. The number of aromatic nitrogens is 1. The Morgan fingerprint density at radius 3 is 2.60 bits per heavy atom. The lowest BCUT2D eigenvalue weighted by molar-refractivity contribution is 0.0695. The number of aromatic carboxylic acids is 1. The first kappa shape index (κ1) is 16.0. The fourth-order valence-corrected chi connectivity index (χ4v) is 3.80. The number of carbonyl (C=O) groups is 1. The molecule has 25 heavy (non-hydrogen) atoms. The van der Waals surface area contributed by atoms with Crippen molar-refractivity contribution in [3.05, 3.63) is 34.1 Å². The maximum Gasteiger partial charge on any atom is 0.341 e. The lowest BCUT2D eigenvalue weighted by Gasteiger charge is -2.24. The Hall–Kier alpha value is -2.50. The summed E-state index contributed by atoms with van der Waals surface area (Å²) in [6.45, 7) is 4.15. The smallest absolute Gasteiger partial charge is 0.341 e. The Balaban J connectivity index is 2.00. The average Bonchev–Trinajstić information content (AvgIpc) is 3.34. The van der Waals surface area contributed by atoms with Crippen molar-refractivity contribution >= 4 is 22.6 Å². The molecular formula is C19H22N2O4. The Labute approximate surface area is 145 Å². The highest BCUT2D eigenvalue weighted by molar-refractivity contribution is 5.97. The van der Waals surface area contributed by atoms with Crippen LogP contribution in [0.25, 0.3) is 10.9 Å². The summed E-state index contributed by atoms with van der Waals surface area (Å²) in [5.74, 6) is 0.116. The molecule has 0 spiro atoms. The molecule has 2 heterocycles. The topological polar surface area (TPSA) is 71.8 Å². The van der Waals surface area contributed by atoms with E-state index in [-0.39, 0.29) is 11.6 Å². The quantitative estimate of drug-likeness (QED) is 0.925. The van der Waals surface area contributed by atoms with Crippen LogP contribution in [0, 0.1) is 5.92 Å². The van der Waals surface area contributed by atoms with E-state index in [0.717, 1.165) is 43.6 Å². The van der Waals surface area contributed by atoms with Crippen molar-refractivity contribution in [3.8, 4) is 5.75 Å². The molecule has 0 amide bonds. The van der Waals surface area contributed by atoms with Crippen LogP contribution in [0.4, 0.5) is 5.69 Å². The van der Waals surface area contributed by atoms with E-state index in [1.165, 1.54) is 6.20 Å². The molecular weight excluding hydrogens is 320 g/mol. The van der Waals surface area contributed by atoms with E-state index in [1.54, 1.807) is 13.2 Å². The first-order valence-corrected chi connectivity index (χ1v) is 8.75. The number of hydrogen-bond donors (Lipinski definition) is 1. The number of hydrogen-bond acceptors (Lipinski definition) is 4. The van der Waals surface area contributed by atoms with Gasteiger partial charge in [0.2, 0.25) is 5.43 Å². The summed E-state index contributed by atoms with van der Waals surface area (Å²) >= 11 is 0. The lowest BCUT2D eigenvalue weighted by Crippen LogP contribution is -2.22. The van der Waals surface area contributed by atoms with Crippen molar-refractivity contribution in [3.63, 3.8) is 0 Å². The maximum atomic E-state index is 12.7. The van der Waals surface area contributed by atoms with Gasteiger partial charge in [-0.2, -0.15) is 0 Å². The molecule has 2 aliphatic rings. The first-order chi connectivity index (χ1) is 12.0. The van der Waals surface area contributed by atoms with Crippen molar-refractivity contribution in [2.75, 3.05) is 25.1 Å². The number of nitrogens with zero attached hydrogens (tertiary/aromatic N) is 2. The SMILES string of the molecule is COc1c(N2CC[C@H](C)C2)ccc2c(=O)c(C(=O)O)cn(C3CC3)c12. The summed E-state index contributed by atoms with van der Waals surface area (Å²) in [4.78, 5) is 26.4. The second kappa shape index (κ2) is 5.79. The molecule has 132 valence electrons. The maximum absolute atomic E-state index is 12.7. The van der Waals surface area contributed by atoms with Gasteiger partial charge in [0.25, 0.3) is 0 Å². The predicted molar refractivity (Wildman–Crippen MR) is 96.0 cm³/mol. The molecule has 6 heteroatoms. The highest BCUT2D eigenvalue weighted by atomic mass is 16.5. The molecule has 0 bridgehead atoms. The van der Waals surface area contributed by atoms with Crippen LogP contribution in [-0.4, -0.2) is 35.8 Å². The second-order valence-corrected chi connectivity index (χ2v) is 7.17. The third-order valence-electron chi connectivity index (χ3n) is 5.27. The fourth-order valence-electron chi connectivity index (χ4n) is 3.80. The van der Waals surface area contributed by atoms with E-state index in [9.17, 15) is 14.7 Å². The minimum atomic E-state index is -1.18.